The minimum Gasteiger partial charge on any atom is -0.465 e. The molecule has 5 heteroatoms. The number of rotatable bonds is 11. The lowest BCUT2D eigenvalue weighted by Crippen LogP contribution is -2.61. The van der Waals surface area contributed by atoms with Gasteiger partial charge < -0.3 is 19.9 Å². The number of ether oxygens (including phenoxy) is 2. The van der Waals surface area contributed by atoms with Crippen molar-refractivity contribution in [3.05, 3.63) is 35.4 Å². The van der Waals surface area contributed by atoms with Gasteiger partial charge in [-0.3, -0.25) is 0 Å². The van der Waals surface area contributed by atoms with Crippen LogP contribution in [0.5, 0.6) is 0 Å². The minimum atomic E-state index is -1.04. The van der Waals surface area contributed by atoms with E-state index in [1.54, 1.807) is 0 Å². The monoisotopic (exact) mass is 391 g/mol. The summed E-state index contributed by atoms with van der Waals surface area (Å²) in [5.74, 6) is -0.665. The Balaban J connectivity index is 1.81. The summed E-state index contributed by atoms with van der Waals surface area (Å²) in [7, 11) is 0. The Hall–Kier alpha value is -1.59. The van der Waals surface area contributed by atoms with Crippen molar-refractivity contribution in [1.82, 2.24) is 5.32 Å². The molecule has 2 N–H and O–H groups in total. The smallest absolute Gasteiger partial charge is 0.405 e. The maximum absolute atomic E-state index is 11.3. The highest BCUT2D eigenvalue weighted by Gasteiger charge is 2.41. The molecule has 0 bridgehead atoms. The van der Waals surface area contributed by atoms with Crippen molar-refractivity contribution in [1.29, 1.82) is 0 Å². The van der Waals surface area contributed by atoms with Crippen LogP contribution in [0, 0.1) is 0 Å². The molecule has 1 fully saturated rings. The molecule has 1 aliphatic heterocycles. The summed E-state index contributed by atoms with van der Waals surface area (Å²) in [5, 5.41) is 11.9. The van der Waals surface area contributed by atoms with Crippen molar-refractivity contribution in [2.45, 2.75) is 89.9 Å². The van der Waals surface area contributed by atoms with Gasteiger partial charge in [0.1, 0.15) is 0 Å². The van der Waals surface area contributed by atoms with Crippen LogP contribution < -0.4 is 5.32 Å². The lowest BCUT2D eigenvalue weighted by molar-refractivity contribution is -0.271. The number of nitrogens with one attached hydrogen (secondary N) is 1. The summed E-state index contributed by atoms with van der Waals surface area (Å²) in [5.41, 5.74) is 1.89. The Morgan fingerprint density at radius 3 is 2.07 bits per heavy atom. The molecule has 0 unspecified atom stereocenters. The molecule has 158 valence electrons. The fourth-order valence-corrected chi connectivity index (χ4v) is 3.58. The normalized spacial score (nSPS) is 18.0. The first-order chi connectivity index (χ1) is 13.3. The summed E-state index contributed by atoms with van der Waals surface area (Å²) in [6.07, 6.45) is 9.41. The third-order valence-corrected chi connectivity index (χ3v) is 5.50. The molecule has 1 heterocycles. The lowest BCUT2D eigenvalue weighted by atomic mass is 9.91. The molecule has 0 spiro atoms. The number of benzene rings is 1. The quantitative estimate of drug-likeness (QED) is 0.502. The Bertz CT molecular complexity index is 587. The average molecular weight is 392 g/mol. The van der Waals surface area contributed by atoms with Gasteiger partial charge in [0.2, 0.25) is 0 Å². The Morgan fingerprint density at radius 1 is 0.964 bits per heavy atom. The van der Waals surface area contributed by atoms with Gasteiger partial charge in [-0.05, 0) is 50.7 Å². The van der Waals surface area contributed by atoms with Crippen LogP contribution in [0.3, 0.4) is 0 Å². The number of amides is 1. The summed E-state index contributed by atoms with van der Waals surface area (Å²) in [6, 6.07) is 8.73. The molecule has 0 radical (unpaired) electrons. The van der Waals surface area contributed by atoms with E-state index in [4.69, 9.17) is 9.47 Å². The number of carboxylic acid groups (broad SMARTS) is 1. The zero-order valence-corrected chi connectivity index (χ0v) is 17.8. The van der Waals surface area contributed by atoms with E-state index >= 15 is 0 Å². The average Bonchev–Trinajstić information content (AvgIpc) is 2.66. The van der Waals surface area contributed by atoms with E-state index in [9.17, 15) is 9.90 Å². The standard InChI is InChI=1S/C23H37NO4/c1-4-5-6-7-8-9-10-19-11-13-20(14-12-19)15-16-23(24-21(25)26)17-27-22(2,3)28-18-23/h11-14,24H,4-10,15-18H2,1-3H3,(H,25,26). The molecule has 1 amide bonds. The van der Waals surface area contributed by atoms with Crippen molar-refractivity contribution in [2.75, 3.05) is 13.2 Å². The van der Waals surface area contributed by atoms with Gasteiger partial charge in [-0.2, -0.15) is 0 Å². The fourth-order valence-electron chi connectivity index (χ4n) is 3.58. The second kappa shape index (κ2) is 10.8. The summed E-state index contributed by atoms with van der Waals surface area (Å²) in [6.45, 7) is 6.58. The molecule has 2 rings (SSSR count). The molecular formula is C23H37NO4. The molecule has 28 heavy (non-hydrogen) atoms. The van der Waals surface area contributed by atoms with Crippen LogP contribution in [0.1, 0.15) is 76.8 Å². The van der Waals surface area contributed by atoms with Crippen LogP contribution in [-0.4, -0.2) is 35.7 Å². The van der Waals surface area contributed by atoms with Gasteiger partial charge in [0.25, 0.3) is 0 Å². The van der Waals surface area contributed by atoms with Gasteiger partial charge in [0.05, 0.1) is 18.8 Å². The Morgan fingerprint density at radius 2 is 1.50 bits per heavy atom. The van der Waals surface area contributed by atoms with E-state index < -0.39 is 17.4 Å². The molecule has 0 saturated carbocycles. The second-order valence-corrected chi connectivity index (χ2v) is 8.52. The molecule has 0 aromatic heterocycles. The van der Waals surface area contributed by atoms with Gasteiger partial charge in [0.15, 0.2) is 5.79 Å². The number of hydrogen-bond acceptors (Lipinski definition) is 3. The lowest BCUT2D eigenvalue weighted by Gasteiger charge is -2.43. The maximum Gasteiger partial charge on any atom is 0.405 e. The van der Waals surface area contributed by atoms with E-state index in [-0.39, 0.29) is 0 Å². The van der Waals surface area contributed by atoms with Crippen LogP contribution >= 0.6 is 0 Å². The summed E-state index contributed by atoms with van der Waals surface area (Å²) < 4.78 is 11.4. The molecule has 1 aromatic rings. The zero-order chi connectivity index (χ0) is 20.5. The second-order valence-electron chi connectivity index (χ2n) is 8.52. The summed E-state index contributed by atoms with van der Waals surface area (Å²) in [4.78, 5) is 11.3. The van der Waals surface area contributed by atoms with Crippen molar-refractivity contribution in [3.63, 3.8) is 0 Å². The predicted octanol–water partition coefficient (Wildman–Crippen LogP) is 5.31. The fraction of sp³-hybridized carbons (Fsp3) is 0.696. The minimum absolute atomic E-state index is 0.322. The van der Waals surface area contributed by atoms with E-state index in [1.165, 1.54) is 49.7 Å². The van der Waals surface area contributed by atoms with Gasteiger partial charge in [0, 0.05) is 0 Å². The van der Waals surface area contributed by atoms with Crippen LogP contribution in [0.2, 0.25) is 0 Å². The summed E-state index contributed by atoms with van der Waals surface area (Å²) >= 11 is 0. The van der Waals surface area contributed by atoms with Crippen LogP contribution in [-0.2, 0) is 22.3 Å². The van der Waals surface area contributed by atoms with Crippen LogP contribution in [0.25, 0.3) is 0 Å². The van der Waals surface area contributed by atoms with Crippen LogP contribution in [0.4, 0.5) is 4.79 Å². The highest BCUT2D eigenvalue weighted by atomic mass is 16.7. The first-order valence-corrected chi connectivity index (χ1v) is 10.7. The Labute approximate surface area is 169 Å². The van der Waals surface area contributed by atoms with Crippen molar-refractivity contribution in [2.24, 2.45) is 0 Å². The van der Waals surface area contributed by atoms with Gasteiger partial charge in [-0.15, -0.1) is 0 Å². The molecule has 0 aliphatic carbocycles. The van der Waals surface area contributed by atoms with Gasteiger partial charge >= 0.3 is 6.09 Å². The molecule has 1 aromatic carbocycles. The highest BCUT2D eigenvalue weighted by Crippen LogP contribution is 2.27. The molecule has 0 atom stereocenters. The van der Waals surface area contributed by atoms with Crippen molar-refractivity contribution in [3.8, 4) is 0 Å². The third-order valence-electron chi connectivity index (χ3n) is 5.50. The zero-order valence-electron chi connectivity index (χ0n) is 17.8. The first-order valence-electron chi connectivity index (χ1n) is 10.7. The maximum atomic E-state index is 11.3. The topological polar surface area (TPSA) is 67.8 Å². The number of carbonyl (C=O) groups is 1. The highest BCUT2D eigenvalue weighted by molar-refractivity contribution is 5.65. The largest absolute Gasteiger partial charge is 0.465 e. The first kappa shape index (κ1) is 22.7. The number of hydrogen-bond donors (Lipinski definition) is 2. The van der Waals surface area contributed by atoms with Crippen molar-refractivity contribution < 1.29 is 19.4 Å². The van der Waals surface area contributed by atoms with E-state index in [0.717, 1.165) is 12.8 Å². The Kier molecular flexibility index (Phi) is 8.77. The van der Waals surface area contributed by atoms with Crippen LogP contribution in [0.15, 0.2) is 24.3 Å². The van der Waals surface area contributed by atoms with Crippen molar-refractivity contribution >= 4 is 6.09 Å². The predicted molar refractivity (Wildman–Crippen MR) is 112 cm³/mol. The molecule has 5 nitrogen and oxygen atoms in total. The molecule has 1 aliphatic rings. The number of aryl methyl sites for hydroxylation is 2. The van der Waals surface area contributed by atoms with E-state index in [2.05, 4.69) is 36.5 Å². The molecule has 1 saturated heterocycles. The van der Waals surface area contributed by atoms with E-state index in [0.29, 0.717) is 19.6 Å². The van der Waals surface area contributed by atoms with E-state index in [1.807, 2.05) is 13.8 Å². The van der Waals surface area contributed by atoms with Gasteiger partial charge in [-0.25, -0.2) is 4.79 Å². The SMILES string of the molecule is CCCCCCCCc1ccc(CCC2(NC(=O)O)COC(C)(C)OC2)cc1. The molecular weight excluding hydrogens is 354 g/mol. The van der Waals surface area contributed by atoms with Gasteiger partial charge in [-0.1, -0.05) is 63.3 Å². The number of unbranched alkanes of at least 4 members (excludes halogenated alkanes) is 5. The third kappa shape index (κ3) is 7.80.